The van der Waals surface area contributed by atoms with E-state index in [0.29, 0.717) is 56.5 Å². The Morgan fingerprint density at radius 1 is 1.28 bits per heavy atom. The molecule has 0 saturated carbocycles. The van der Waals surface area contributed by atoms with Gasteiger partial charge >= 0.3 is 12.4 Å². The number of nitrogens with zero attached hydrogens (tertiary/aromatic N) is 3. The Hall–Kier alpha value is -0.830. The number of hydrogen-bond donors (Lipinski definition) is 2. The molecule has 1 aliphatic heterocycles. The van der Waals surface area contributed by atoms with E-state index >= 15 is 0 Å². The van der Waals surface area contributed by atoms with Crippen LogP contribution in [-0.4, -0.2) is 61.3 Å². The predicted octanol–water partition coefficient (Wildman–Crippen LogP) is 3.76. The number of rotatable bonds is 7. The molecule has 0 amide bonds. The number of aromatic nitrogens is 1. The highest BCUT2D eigenvalue weighted by Crippen LogP contribution is 2.30. The SMILES string of the molecule is CCNC(=NCC1CCN(CC(F)(F)F)C1)NCCc1nc(C(F)(F)F)cs1.I. The molecule has 0 radical (unpaired) electrons. The fourth-order valence-electron chi connectivity index (χ4n) is 2.86. The highest BCUT2D eigenvalue weighted by atomic mass is 127. The fraction of sp³-hybridized carbons (Fsp3) is 0.750. The highest BCUT2D eigenvalue weighted by molar-refractivity contribution is 14.0. The van der Waals surface area contributed by atoms with E-state index in [1.165, 1.54) is 4.90 Å². The highest BCUT2D eigenvalue weighted by Gasteiger charge is 2.34. The third-order valence-electron chi connectivity index (χ3n) is 4.10. The smallest absolute Gasteiger partial charge is 0.357 e. The number of hydrogen-bond acceptors (Lipinski definition) is 4. The van der Waals surface area contributed by atoms with Gasteiger partial charge in [-0.3, -0.25) is 9.89 Å². The van der Waals surface area contributed by atoms with E-state index in [0.717, 1.165) is 16.7 Å². The summed E-state index contributed by atoms with van der Waals surface area (Å²) in [6.45, 7) is 3.04. The average Bonchev–Trinajstić information content (AvgIpc) is 3.20. The van der Waals surface area contributed by atoms with Crippen LogP contribution in [0.5, 0.6) is 0 Å². The topological polar surface area (TPSA) is 52.6 Å². The van der Waals surface area contributed by atoms with Crippen molar-refractivity contribution in [2.45, 2.75) is 32.1 Å². The van der Waals surface area contributed by atoms with Crippen LogP contribution in [0.4, 0.5) is 26.3 Å². The molecule has 1 atom stereocenters. The second-order valence-corrected chi connectivity index (χ2v) is 7.47. The maximum atomic E-state index is 12.6. The van der Waals surface area contributed by atoms with Crippen LogP contribution in [0.1, 0.15) is 24.0 Å². The fourth-order valence-corrected chi connectivity index (χ4v) is 3.67. The summed E-state index contributed by atoms with van der Waals surface area (Å²) in [5.74, 6) is 0.537. The minimum absolute atomic E-state index is 0. The molecule has 1 aromatic heterocycles. The molecule has 1 aliphatic rings. The minimum Gasteiger partial charge on any atom is -0.357 e. The molecule has 1 aromatic rings. The Labute approximate surface area is 186 Å². The summed E-state index contributed by atoms with van der Waals surface area (Å²) in [5, 5.41) is 7.40. The molecule has 2 N–H and O–H groups in total. The molecule has 0 spiro atoms. The average molecular weight is 559 g/mol. The first kappa shape index (κ1) is 26.2. The van der Waals surface area contributed by atoms with Crippen LogP contribution in [0.15, 0.2) is 10.4 Å². The maximum absolute atomic E-state index is 12.6. The van der Waals surface area contributed by atoms with Crippen molar-refractivity contribution >= 4 is 41.3 Å². The van der Waals surface area contributed by atoms with E-state index < -0.39 is 24.6 Å². The third-order valence-corrected chi connectivity index (χ3v) is 5.01. The number of thiazole rings is 1. The van der Waals surface area contributed by atoms with Crippen LogP contribution in [0.2, 0.25) is 0 Å². The summed E-state index contributed by atoms with van der Waals surface area (Å²) in [6, 6.07) is 0. The monoisotopic (exact) mass is 559 g/mol. The van der Waals surface area contributed by atoms with Crippen molar-refractivity contribution in [3.8, 4) is 0 Å². The second-order valence-electron chi connectivity index (χ2n) is 6.53. The molecule has 2 rings (SSSR count). The van der Waals surface area contributed by atoms with Crippen LogP contribution in [-0.2, 0) is 12.6 Å². The Bertz CT molecular complexity index is 648. The number of alkyl halides is 6. The van der Waals surface area contributed by atoms with E-state index in [4.69, 9.17) is 0 Å². The van der Waals surface area contributed by atoms with Gasteiger partial charge in [-0.2, -0.15) is 26.3 Å². The Kier molecular flexibility index (Phi) is 10.4. The van der Waals surface area contributed by atoms with Gasteiger partial charge in [-0.05, 0) is 25.8 Å². The molecule has 1 saturated heterocycles. The van der Waals surface area contributed by atoms with E-state index in [1.807, 2.05) is 6.92 Å². The zero-order valence-corrected chi connectivity index (χ0v) is 18.9. The lowest BCUT2D eigenvalue weighted by atomic mass is 10.1. The van der Waals surface area contributed by atoms with Gasteiger partial charge in [0.15, 0.2) is 11.7 Å². The maximum Gasteiger partial charge on any atom is 0.434 e. The minimum atomic E-state index is -4.44. The van der Waals surface area contributed by atoms with Gasteiger partial charge in [-0.15, -0.1) is 35.3 Å². The van der Waals surface area contributed by atoms with Gasteiger partial charge in [0, 0.05) is 38.0 Å². The second kappa shape index (κ2) is 11.5. The van der Waals surface area contributed by atoms with Crippen molar-refractivity contribution in [1.82, 2.24) is 20.5 Å². The van der Waals surface area contributed by atoms with Gasteiger partial charge in [0.2, 0.25) is 0 Å². The molecule has 0 bridgehead atoms. The van der Waals surface area contributed by atoms with Crippen LogP contribution in [0.3, 0.4) is 0 Å². The number of nitrogens with one attached hydrogen (secondary N) is 2. The van der Waals surface area contributed by atoms with Gasteiger partial charge in [-0.1, -0.05) is 0 Å². The summed E-state index contributed by atoms with van der Waals surface area (Å²) < 4.78 is 75.0. The normalized spacial score (nSPS) is 18.6. The summed E-state index contributed by atoms with van der Waals surface area (Å²) in [5.41, 5.74) is -0.891. The molecule has 13 heteroatoms. The Balaban J connectivity index is 0.00000420. The first-order chi connectivity index (χ1) is 13.1. The summed E-state index contributed by atoms with van der Waals surface area (Å²) in [4.78, 5) is 9.33. The van der Waals surface area contributed by atoms with E-state index in [2.05, 4.69) is 20.6 Å². The molecule has 5 nitrogen and oxygen atoms in total. The van der Waals surface area contributed by atoms with Crippen molar-refractivity contribution < 1.29 is 26.3 Å². The van der Waals surface area contributed by atoms with Crippen molar-refractivity contribution in [1.29, 1.82) is 0 Å². The molecule has 2 heterocycles. The number of halogens is 7. The largest absolute Gasteiger partial charge is 0.434 e. The zero-order chi connectivity index (χ0) is 20.8. The number of aliphatic imine (C=N–C) groups is 1. The molecular formula is C16H24F6IN5S. The molecule has 0 aliphatic carbocycles. The summed E-state index contributed by atoms with van der Waals surface area (Å²) in [6.07, 6.45) is -7.68. The molecule has 0 aromatic carbocycles. The van der Waals surface area contributed by atoms with Gasteiger partial charge in [0.1, 0.15) is 0 Å². The summed E-state index contributed by atoms with van der Waals surface area (Å²) >= 11 is 0.951. The lowest BCUT2D eigenvalue weighted by Crippen LogP contribution is -2.38. The number of guanidine groups is 1. The lowest BCUT2D eigenvalue weighted by molar-refractivity contribution is -0.144. The van der Waals surface area contributed by atoms with Crippen LogP contribution in [0.25, 0.3) is 0 Å². The van der Waals surface area contributed by atoms with Gasteiger partial charge < -0.3 is 10.6 Å². The quantitative estimate of drug-likeness (QED) is 0.231. The molecule has 29 heavy (non-hydrogen) atoms. The lowest BCUT2D eigenvalue weighted by Gasteiger charge is -2.17. The molecular weight excluding hydrogens is 535 g/mol. The van der Waals surface area contributed by atoms with Gasteiger partial charge in [-0.25, -0.2) is 4.98 Å². The van der Waals surface area contributed by atoms with Crippen LogP contribution >= 0.6 is 35.3 Å². The standard InChI is InChI=1S/C16H23F6N5S.HI/c1-2-23-14(24-5-3-13-26-12(9-28-13)16(20,21)22)25-7-11-4-6-27(8-11)10-15(17,18)19;/h9,11H,2-8,10H2,1H3,(H2,23,24,25);1H. The molecule has 168 valence electrons. The van der Waals surface area contributed by atoms with E-state index in [-0.39, 0.29) is 29.9 Å². The van der Waals surface area contributed by atoms with Gasteiger partial charge in [0.05, 0.1) is 11.6 Å². The van der Waals surface area contributed by atoms with Crippen LogP contribution in [0, 0.1) is 5.92 Å². The number of likely N-dealkylation sites (tertiary alicyclic amines) is 1. The molecule has 1 fully saturated rings. The summed E-state index contributed by atoms with van der Waals surface area (Å²) in [7, 11) is 0. The van der Waals surface area contributed by atoms with Gasteiger partial charge in [0.25, 0.3) is 0 Å². The molecule has 1 unspecified atom stereocenters. The Morgan fingerprint density at radius 3 is 2.59 bits per heavy atom. The predicted molar refractivity (Wildman–Crippen MR) is 111 cm³/mol. The van der Waals surface area contributed by atoms with Crippen molar-refractivity contribution in [3.63, 3.8) is 0 Å². The van der Waals surface area contributed by atoms with E-state index in [1.54, 1.807) is 0 Å². The first-order valence-corrected chi connectivity index (χ1v) is 9.77. The van der Waals surface area contributed by atoms with Crippen molar-refractivity contribution in [2.75, 3.05) is 39.3 Å². The first-order valence-electron chi connectivity index (χ1n) is 8.89. The van der Waals surface area contributed by atoms with E-state index in [9.17, 15) is 26.3 Å². The van der Waals surface area contributed by atoms with Crippen molar-refractivity contribution in [2.24, 2.45) is 10.9 Å². The van der Waals surface area contributed by atoms with Crippen LogP contribution < -0.4 is 10.6 Å². The van der Waals surface area contributed by atoms with Crippen molar-refractivity contribution in [3.05, 3.63) is 16.1 Å². The zero-order valence-electron chi connectivity index (χ0n) is 15.7. The third kappa shape index (κ3) is 9.68. The Morgan fingerprint density at radius 2 is 2.00 bits per heavy atom.